The van der Waals surface area contributed by atoms with Gasteiger partial charge in [-0.05, 0) is 30.7 Å². The third-order valence-electron chi connectivity index (χ3n) is 4.50. The Kier molecular flexibility index (Phi) is 5.15. The number of hydrogen-bond acceptors (Lipinski definition) is 4. The molecular weight excluding hydrogens is 338 g/mol. The molecule has 0 saturated carbocycles. The average Bonchev–Trinajstić information content (AvgIpc) is 2.97. The minimum atomic E-state index is -3.59. The van der Waals surface area contributed by atoms with Gasteiger partial charge in [0.05, 0.1) is 10.9 Å². The SMILES string of the molecule is CCN1C(=O)C[C@@H](CNS(=O)(=O)c2ccccc2)[C@@H]1c1cccnc1. The van der Waals surface area contributed by atoms with Gasteiger partial charge in [-0.1, -0.05) is 24.3 Å². The molecule has 132 valence electrons. The first-order valence-electron chi connectivity index (χ1n) is 8.27. The highest BCUT2D eigenvalue weighted by Crippen LogP contribution is 2.37. The smallest absolute Gasteiger partial charge is 0.240 e. The zero-order chi connectivity index (χ0) is 17.9. The van der Waals surface area contributed by atoms with Crippen LogP contribution in [0, 0.1) is 5.92 Å². The lowest BCUT2D eigenvalue weighted by atomic mass is 9.95. The number of amides is 1. The summed E-state index contributed by atoms with van der Waals surface area (Å²) >= 11 is 0. The second kappa shape index (κ2) is 7.33. The molecule has 1 aliphatic rings. The Morgan fingerprint density at radius 1 is 1.20 bits per heavy atom. The molecule has 0 radical (unpaired) electrons. The first-order valence-corrected chi connectivity index (χ1v) is 9.75. The van der Waals surface area contributed by atoms with Crippen molar-refractivity contribution in [3.63, 3.8) is 0 Å². The number of benzene rings is 1. The van der Waals surface area contributed by atoms with Crippen molar-refractivity contribution in [2.45, 2.75) is 24.3 Å². The molecule has 1 aliphatic heterocycles. The maximum atomic E-state index is 12.4. The second-order valence-corrected chi connectivity index (χ2v) is 7.81. The zero-order valence-corrected chi connectivity index (χ0v) is 14.8. The summed E-state index contributed by atoms with van der Waals surface area (Å²) in [5.41, 5.74) is 0.930. The Morgan fingerprint density at radius 2 is 1.96 bits per heavy atom. The Labute approximate surface area is 147 Å². The van der Waals surface area contributed by atoms with Crippen molar-refractivity contribution in [2.24, 2.45) is 5.92 Å². The largest absolute Gasteiger partial charge is 0.336 e. The molecule has 1 amide bonds. The van der Waals surface area contributed by atoms with Crippen LogP contribution in [0.15, 0.2) is 59.8 Å². The quantitative estimate of drug-likeness (QED) is 0.855. The van der Waals surface area contributed by atoms with E-state index in [1.54, 1.807) is 47.6 Å². The number of hydrogen-bond donors (Lipinski definition) is 1. The molecule has 2 atom stereocenters. The van der Waals surface area contributed by atoms with Gasteiger partial charge in [-0.25, -0.2) is 13.1 Å². The maximum absolute atomic E-state index is 12.4. The minimum Gasteiger partial charge on any atom is -0.336 e. The number of nitrogens with one attached hydrogen (secondary N) is 1. The van der Waals surface area contributed by atoms with Crippen molar-refractivity contribution in [3.8, 4) is 0 Å². The number of pyridine rings is 1. The highest BCUT2D eigenvalue weighted by molar-refractivity contribution is 7.89. The number of nitrogens with zero attached hydrogens (tertiary/aromatic N) is 2. The van der Waals surface area contributed by atoms with Crippen LogP contribution >= 0.6 is 0 Å². The summed E-state index contributed by atoms with van der Waals surface area (Å²) in [5, 5.41) is 0. The summed E-state index contributed by atoms with van der Waals surface area (Å²) < 4.78 is 27.5. The third kappa shape index (κ3) is 3.72. The molecule has 2 heterocycles. The summed E-state index contributed by atoms with van der Waals surface area (Å²) in [6.07, 6.45) is 3.75. The van der Waals surface area contributed by atoms with Gasteiger partial charge in [0, 0.05) is 37.8 Å². The summed E-state index contributed by atoms with van der Waals surface area (Å²) in [4.78, 5) is 18.5. The fourth-order valence-corrected chi connectivity index (χ4v) is 4.44. The van der Waals surface area contributed by atoms with Crippen molar-refractivity contribution in [1.29, 1.82) is 0 Å². The molecule has 1 aromatic carbocycles. The van der Waals surface area contributed by atoms with Crippen LogP contribution in [0.3, 0.4) is 0 Å². The topological polar surface area (TPSA) is 79.4 Å². The molecule has 3 rings (SSSR count). The van der Waals surface area contributed by atoms with Gasteiger partial charge in [0.1, 0.15) is 0 Å². The summed E-state index contributed by atoms with van der Waals surface area (Å²) in [5.74, 6) is -0.0876. The molecule has 0 unspecified atom stereocenters. The number of sulfonamides is 1. The molecular formula is C18H21N3O3S. The predicted octanol–water partition coefficient (Wildman–Crippen LogP) is 1.97. The van der Waals surface area contributed by atoms with Crippen molar-refractivity contribution in [2.75, 3.05) is 13.1 Å². The van der Waals surface area contributed by atoms with Crippen LogP contribution in [0.5, 0.6) is 0 Å². The molecule has 7 heteroatoms. The Morgan fingerprint density at radius 3 is 2.60 bits per heavy atom. The normalized spacial score (nSPS) is 20.8. The zero-order valence-electron chi connectivity index (χ0n) is 14.0. The predicted molar refractivity (Wildman–Crippen MR) is 94.1 cm³/mol. The minimum absolute atomic E-state index is 0.0419. The monoisotopic (exact) mass is 359 g/mol. The van der Waals surface area contributed by atoms with E-state index in [4.69, 9.17) is 0 Å². The summed E-state index contributed by atoms with van der Waals surface area (Å²) in [7, 11) is -3.59. The van der Waals surface area contributed by atoms with Crippen LogP contribution < -0.4 is 4.72 Å². The Hall–Kier alpha value is -2.25. The van der Waals surface area contributed by atoms with Crippen LogP contribution in [-0.2, 0) is 14.8 Å². The van der Waals surface area contributed by atoms with Gasteiger partial charge in [-0.2, -0.15) is 0 Å². The third-order valence-corrected chi connectivity index (χ3v) is 5.93. The highest BCUT2D eigenvalue weighted by atomic mass is 32.2. The summed E-state index contributed by atoms with van der Waals surface area (Å²) in [6, 6.07) is 11.8. The van der Waals surface area contributed by atoms with Gasteiger partial charge in [-0.15, -0.1) is 0 Å². The van der Waals surface area contributed by atoms with E-state index in [9.17, 15) is 13.2 Å². The van der Waals surface area contributed by atoms with Crippen molar-refractivity contribution in [3.05, 3.63) is 60.4 Å². The van der Waals surface area contributed by atoms with E-state index in [0.29, 0.717) is 13.0 Å². The number of rotatable bonds is 6. The highest BCUT2D eigenvalue weighted by Gasteiger charge is 2.40. The van der Waals surface area contributed by atoms with E-state index in [1.807, 2.05) is 19.1 Å². The Bertz CT molecular complexity index is 825. The summed E-state index contributed by atoms with van der Waals surface area (Å²) in [6.45, 7) is 2.72. The molecule has 2 aromatic rings. The number of likely N-dealkylation sites (tertiary alicyclic amines) is 1. The molecule has 1 aromatic heterocycles. The van der Waals surface area contributed by atoms with Gasteiger partial charge in [-0.3, -0.25) is 9.78 Å². The number of carbonyl (C=O) groups is 1. The molecule has 0 aliphatic carbocycles. The second-order valence-electron chi connectivity index (χ2n) is 6.04. The first kappa shape index (κ1) is 17.6. The van der Waals surface area contributed by atoms with Crippen molar-refractivity contribution < 1.29 is 13.2 Å². The molecule has 1 fully saturated rings. The van der Waals surface area contributed by atoms with E-state index in [2.05, 4.69) is 9.71 Å². The van der Waals surface area contributed by atoms with Gasteiger partial charge in [0.25, 0.3) is 0 Å². The molecule has 0 bridgehead atoms. The lowest BCUT2D eigenvalue weighted by Gasteiger charge is -2.27. The maximum Gasteiger partial charge on any atom is 0.240 e. The van der Waals surface area contributed by atoms with Gasteiger partial charge in [0.2, 0.25) is 15.9 Å². The van der Waals surface area contributed by atoms with Gasteiger partial charge in [0.15, 0.2) is 0 Å². The van der Waals surface area contributed by atoms with Gasteiger partial charge < -0.3 is 4.90 Å². The average molecular weight is 359 g/mol. The van der Waals surface area contributed by atoms with Crippen LogP contribution in [0.1, 0.15) is 24.9 Å². The van der Waals surface area contributed by atoms with E-state index in [-0.39, 0.29) is 29.3 Å². The Balaban J connectivity index is 1.80. The molecule has 25 heavy (non-hydrogen) atoms. The van der Waals surface area contributed by atoms with Crippen LogP contribution in [0.2, 0.25) is 0 Å². The van der Waals surface area contributed by atoms with Crippen LogP contribution in [0.25, 0.3) is 0 Å². The molecule has 6 nitrogen and oxygen atoms in total. The number of carbonyl (C=O) groups excluding carboxylic acids is 1. The lowest BCUT2D eigenvalue weighted by Crippen LogP contribution is -2.33. The molecule has 0 spiro atoms. The van der Waals surface area contributed by atoms with Crippen molar-refractivity contribution in [1.82, 2.24) is 14.6 Å². The first-order chi connectivity index (χ1) is 12.0. The van der Waals surface area contributed by atoms with E-state index >= 15 is 0 Å². The lowest BCUT2D eigenvalue weighted by molar-refractivity contribution is -0.128. The molecule has 1 N–H and O–H groups in total. The van der Waals surface area contributed by atoms with Crippen LogP contribution in [0.4, 0.5) is 0 Å². The van der Waals surface area contributed by atoms with Gasteiger partial charge >= 0.3 is 0 Å². The van der Waals surface area contributed by atoms with E-state index in [0.717, 1.165) is 5.56 Å². The fourth-order valence-electron chi connectivity index (χ4n) is 3.32. The fraction of sp³-hybridized carbons (Fsp3) is 0.333. The number of aromatic nitrogens is 1. The standard InChI is InChI=1S/C18H21N3O3S/c1-2-21-17(22)11-15(18(21)14-7-6-10-19-12-14)13-20-25(23,24)16-8-4-3-5-9-16/h3-10,12,15,18,20H,2,11,13H2,1H3/t15-,18-/m0/s1. The van der Waals surface area contributed by atoms with Crippen LogP contribution in [-0.4, -0.2) is 37.3 Å². The van der Waals surface area contributed by atoms with E-state index in [1.165, 1.54) is 0 Å². The molecule has 1 saturated heterocycles. The van der Waals surface area contributed by atoms with E-state index < -0.39 is 10.0 Å². The van der Waals surface area contributed by atoms with Crippen molar-refractivity contribution >= 4 is 15.9 Å².